The highest BCUT2D eigenvalue weighted by molar-refractivity contribution is 7.92. The third kappa shape index (κ3) is 5.28. The number of rotatable bonds is 7. The van der Waals surface area contributed by atoms with Crippen molar-refractivity contribution in [2.24, 2.45) is 0 Å². The molecule has 0 aliphatic carbocycles. The Morgan fingerprint density at radius 3 is 2.48 bits per heavy atom. The van der Waals surface area contributed by atoms with Gasteiger partial charge in [0.15, 0.2) is 0 Å². The summed E-state index contributed by atoms with van der Waals surface area (Å²) in [6, 6.07) is 19.8. The number of halogens is 1. The van der Waals surface area contributed by atoms with Crippen molar-refractivity contribution in [2.75, 3.05) is 17.1 Å². The van der Waals surface area contributed by atoms with E-state index in [1.165, 1.54) is 19.2 Å². The van der Waals surface area contributed by atoms with E-state index in [1.807, 2.05) is 12.1 Å². The van der Waals surface area contributed by atoms with Crippen LogP contribution >= 0.6 is 11.6 Å². The van der Waals surface area contributed by atoms with Crippen molar-refractivity contribution >= 4 is 38.9 Å². The Morgan fingerprint density at radius 1 is 1.00 bits per heavy atom. The molecule has 0 saturated carbocycles. The van der Waals surface area contributed by atoms with Gasteiger partial charge in [-0.3, -0.25) is 9.52 Å². The number of para-hydroxylation sites is 2. The van der Waals surface area contributed by atoms with Gasteiger partial charge in [-0.1, -0.05) is 48.0 Å². The molecule has 29 heavy (non-hydrogen) atoms. The topological polar surface area (TPSA) is 84.5 Å². The second-order valence-electron chi connectivity index (χ2n) is 6.15. The molecule has 0 bridgehead atoms. The van der Waals surface area contributed by atoms with Gasteiger partial charge in [0.2, 0.25) is 5.91 Å². The molecule has 0 radical (unpaired) electrons. The van der Waals surface area contributed by atoms with Gasteiger partial charge >= 0.3 is 0 Å². The Hall–Kier alpha value is -3.03. The van der Waals surface area contributed by atoms with Gasteiger partial charge in [-0.05, 0) is 36.4 Å². The van der Waals surface area contributed by atoms with E-state index in [1.54, 1.807) is 48.5 Å². The van der Waals surface area contributed by atoms with Gasteiger partial charge in [-0.25, -0.2) is 8.42 Å². The summed E-state index contributed by atoms with van der Waals surface area (Å²) in [5, 5.41) is 3.01. The minimum atomic E-state index is -3.87. The van der Waals surface area contributed by atoms with Crippen LogP contribution in [0.25, 0.3) is 0 Å². The number of amides is 1. The summed E-state index contributed by atoms with van der Waals surface area (Å²) in [5.41, 5.74) is 1.38. The summed E-state index contributed by atoms with van der Waals surface area (Å²) in [7, 11) is -2.33. The van der Waals surface area contributed by atoms with E-state index in [0.29, 0.717) is 11.4 Å². The summed E-state index contributed by atoms with van der Waals surface area (Å²) in [6.07, 6.45) is 0.0961. The minimum absolute atomic E-state index is 0.00695. The molecule has 8 heteroatoms. The number of nitrogens with one attached hydrogen (secondary N) is 2. The lowest BCUT2D eigenvalue weighted by Crippen LogP contribution is -2.16. The van der Waals surface area contributed by atoms with Crippen molar-refractivity contribution in [1.82, 2.24) is 0 Å². The van der Waals surface area contributed by atoms with Crippen molar-refractivity contribution in [2.45, 2.75) is 11.3 Å². The molecule has 3 rings (SSSR count). The number of benzene rings is 3. The third-order valence-electron chi connectivity index (χ3n) is 4.09. The molecule has 0 fully saturated rings. The van der Waals surface area contributed by atoms with Crippen molar-refractivity contribution in [3.05, 3.63) is 83.4 Å². The highest BCUT2D eigenvalue weighted by Crippen LogP contribution is 2.25. The number of methoxy groups -OCH3 is 1. The van der Waals surface area contributed by atoms with Gasteiger partial charge < -0.3 is 10.1 Å². The Balaban J connectivity index is 1.75. The standard InChI is InChI=1S/C21H19ClN2O4S/c1-28-20-12-5-2-7-15(20)13-21(25)23-16-8-6-9-17(14-16)29(26,27)24-19-11-4-3-10-18(19)22/h2-12,14,24H,13H2,1H3,(H,23,25). The summed E-state index contributed by atoms with van der Waals surface area (Å²) in [6.45, 7) is 0. The summed E-state index contributed by atoms with van der Waals surface area (Å²) < 4.78 is 33.0. The maximum atomic E-state index is 12.7. The quantitative estimate of drug-likeness (QED) is 0.584. The average molecular weight is 431 g/mol. The molecule has 2 N–H and O–H groups in total. The van der Waals surface area contributed by atoms with Crippen LogP contribution in [0.2, 0.25) is 5.02 Å². The Kier molecular flexibility index (Phi) is 6.41. The zero-order valence-corrected chi connectivity index (χ0v) is 17.1. The van der Waals surface area contributed by atoms with E-state index in [-0.39, 0.29) is 27.9 Å². The second-order valence-corrected chi connectivity index (χ2v) is 8.24. The van der Waals surface area contributed by atoms with Gasteiger partial charge in [0, 0.05) is 11.3 Å². The van der Waals surface area contributed by atoms with Crippen molar-refractivity contribution in [1.29, 1.82) is 0 Å². The molecule has 0 aliphatic rings. The number of hydrogen-bond acceptors (Lipinski definition) is 4. The van der Waals surface area contributed by atoms with Crippen LogP contribution < -0.4 is 14.8 Å². The molecular weight excluding hydrogens is 412 g/mol. The molecule has 0 saturated heterocycles. The average Bonchev–Trinajstić information content (AvgIpc) is 2.70. The van der Waals surface area contributed by atoms with E-state index in [4.69, 9.17) is 16.3 Å². The van der Waals surface area contributed by atoms with Crippen LogP contribution in [0.3, 0.4) is 0 Å². The van der Waals surface area contributed by atoms with E-state index >= 15 is 0 Å². The van der Waals surface area contributed by atoms with Crippen LogP contribution in [0.5, 0.6) is 5.75 Å². The molecule has 0 unspecified atom stereocenters. The van der Waals surface area contributed by atoms with Gasteiger partial charge in [-0.15, -0.1) is 0 Å². The van der Waals surface area contributed by atoms with Crippen LogP contribution in [0.15, 0.2) is 77.7 Å². The van der Waals surface area contributed by atoms with Gasteiger partial charge in [-0.2, -0.15) is 0 Å². The Labute approximate surface area is 174 Å². The van der Waals surface area contributed by atoms with Crippen LogP contribution in [-0.4, -0.2) is 21.4 Å². The maximum Gasteiger partial charge on any atom is 0.262 e. The Morgan fingerprint density at radius 2 is 1.72 bits per heavy atom. The predicted molar refractivity (Wildman–Crippen MR) is 114 cm³/mol. The lowest BCUT2D eigenvalue weighted by molar-refractivity contribution is -0.115. The highest BCUT2D eigenvalue weighted by atomic mass is 35.5. The van der Waals surface area contributed by atoms with Crippen molar-refractivity contribution in [3.63, 3.8) is 0 Å². The number of sulfonamides is 1. The third-order valence-corrected chi connectivity index (χ3v) is 5.78. The van der Waals surface area contributed by atoms with Crippen LogP contribution in [0.4, 0.5) is 11.4 Å². The SMILES string of the molecule is COc1ccccc1CC(=O)Nc1cccc(S(=O)(=O)Nc2ccccc2Cl)c1. The van der Waals surface area contributed by atoms with Crippen LogP contribution in [0.1, 0.15) is 5.56 Å². The van der Waals surface area contributed by atoms with Crippen LogP contribution in [0, 0.1) is 0 Å². The second kappa shape index (κ2) is 8.98. The van der Waals surface area contributed by atoms with Gasteiger partial charge in [0.05, 0.1) is 29.1 Å². The first kappa shape index (κ1) is 20.7. The molecule has 3 aromatic carbocycles. The first-order valence-corrected chi connectivity index (χ1v) is 10.5. The van der Waals surface area contributed by atoms with Gasteiger partial charge in [0.1, 0.15) is 5.75 Å². The lowest BCUT2D eigenvalue weighted by Gasteiger charge is -2.12. The van der Waals surface area contributed by atoms with E-state index in [9.17, 15) is 13.2 Å². The van der Waals surface area contributed by atoms with Crippen molar-refractivity contribution < 1.29 is 17.9 Å². The molecule has 3 aromatic rings. The fourth-order valence-corrected chi connectivity index (χ4v) is 4.08. The summed E-state index contributed by atoms with van der Waals surface area (Å²) in [5.74, 6) is 0.325. The smallest absolute Gasteiger partial charge is 0.262 e. The Bertz CT molecular complexity index is 1130. The normalized spacial score (nSPS) is 11.0. The highest BCUT2D eigenvalue weighted by Gasteiger charge is 2.17. The number of anilines is 2. The fraction of sp³-hybridized carbons (Fsp3) is 0.0952. The molecule has 150 valence electrons. The number of carbonyl (C=O) groups is 1. The van der Waals surface area contributed by atoms with E-state index in [2.05, 4.69) is 10.0 Å². The molecule has 0 aromatic heterocycles. The zero-order valence-electron chi connectivity index (χ0n) is 15.6. The number of carbonyl (C=O) groups excluding carboxylic acids is 1. The van der Waals surface area contributed by atoms with Crippen LogP contribution in [-0.2, 0) is 21.2 Å². The van der Waals surface area contributed by atoms with Gasteiger partial charge in [0.25, 0.3) is 10.0 Å². The van der Waals surface area contributed by atoms with Crippen molar-refractivity contribution in [3.8, 4) is 5.75 Å². The minimum Gasteiger partial charge on any atom is -0.496 e. The van der Waals surface area contributed by atoms with E-state index < -0.39 is 10.0 Å². The number of hydrogen-bond donors (Lipinski definition) is 2. The zero-order chi connectivity index (χ0) is 20.9. The monoisotopic (exact) mass is 430 g/mol. The molecule has 1 amide bonds. The lowest BCUT2D eigenvalue weighted by atomic mass is 10.1. The molecule has 0 aliphatic heterocycles. The first-order valence-electron chi connectivity index (χ1n) is 8.68. The predicted octanol–water partition coefficient (Wildman–Crippen LogP) is 4.33. The van der Waals surface area contributed by atoms with E-state index in [0.717, 1.165) is 5.56 Å². The maximum absolute atomic E-state index is 12.7. The first-order chi connectivity index (χ1) is 13.9. The number of ether oxygens (including phenoxy) is 1. The fourth-order valence-electron chi connectivity index (χ4n) is 2.72. The molecule has 0 spiro atoms. The molecule has 0 atom stereocenters. The summed E-state index contributed by atoms with van der Waals surface area (Å²) in [4.78, 5) is 12.4. The molecular formula is C21H19ClN2O4S. The molecule has 0 heterocycles. The largest absolute Gasteiger partial charge is 0.496 e. The summed E-state index contributed by atoms with van der Waals surface area (Å²) >= 11 is 6.03. The molecule has 6 nitrogen and oxygen atoms in total.